The maximum Gasteiger partial charge on any atom is 0.203 e. The Hall–Kier alpha value is -3.32. The summed E-state index contributed by atoms with van der Waals surface area (Å²) >= 11 is 0. The van der Waals surface area contributed by atoms with Crippen molar-refractivity contribution >= 4 is 11.9 Å². The van der Waals surface area contributed by atoms with Gasteiger partial charge in [-0.05, 0) is 48.0 Å². The highest BCUT2D eigenvalue weighted by Crippen LogP contribution is 2.18. The van der Waals surface area contributed by atoms with Crippen LogP contribution in [0.2, 0.25) is 0 Å². The molecule has 0 saturated carbocycles. The predicted octanol–water partition coefficient (Wildman–Crippen LogP) is 4.05. The minimum atomic E-state index is -0.327. The zero-order valence-corrected chi connectivity index (χ0v) is 13.4. The van der Waals surface area contributed by atoms with E-state index in [1.807, 2.05) is 6.07 Å². The molecule has 0 aromatic heterocycles. The Morgan fingerprint density at radius 3 is 2.29 bits per heavy atom. The molecule has 0 bridgehead atoms. The molecule has 0 heterocycles. The fourth-order valence-corrected chi connectivity index (χ4v) is 2.03. The number of ether oxygens (including phenoxy) is 2. The fraction of sp³-hybridized carbons (Fsp3) is 0.100. The molecule has 0 aliphatic heterocycles. The van der Waals surface area contributed by atoms with Gasteiger partial charge in [-0.1, -0.05) is 24.8 Å². The van der Waals surface area contributed by atoms with Crippen molar-refractivity contribution in [3.05, 3.63) is 77.9 Å². The van der Waals surface area contributed by atoms with Crippen LogP contribution in [0.1, 0.15) is 15.9 Å². The molecule has 24 heavy (non-hydrogen) atoms. The van der Waals surface area contributed by atoms with Gasteiger partial charge in [-0.2, -0.15) is 5.26 Å². The highest BCUT2D eigenvalue weighted by atomic mass is 16.5. The number of nitriles is 1. The molecule has 0 unspecified atom stereocenters. The van der Waals surface area contributed by atoms with Gasteiger partial charge < -0.3 is 9.47 Å². The number of hydrogen-bond acceptors (Lipinski definition) is 4. The Labute approximate surface area is 141 Å². The summed E-state index contributed by atoms with van der Waals surface area (Å²) in [6, 6.07) is 15.8. The first-order chi connectivity index (χ1) is 11.7. The van der Waals surface area contributed by atoms with E-state index in [0.29, 0.717) is 23.7 Å². The van der Waals surface area contributed by atoms with Crippen molar-refractivity contribution < 1.29 is 14.3 Å². The first kappa shape index (κ1) is 17.0. The van der Waals surface area contributed by atoms with Crippen molar-refractivity contribution in [3.63, 3.8) is 0 Å². The lowest BCUT2D eigenvalue weighted by Crippen LogP contribution is -2.02. The number of carbonyl (C=O) groups is 1. The van der Waals surface area contributed by atoms with Crippen molar-refractivity contribution in [2.45, 2.75) is 0 Å². The molecular weight excluding hydrogens is 302 g/mol. The van der Waals surface area contributed by atoms with Gasteiger partial charge in [0.2, 0.25) is 5.78 Å². The standard InChI is InChI=1S/C20H17NO3/c1-3-12-24-19-8-4-15(5-9-19)13-17(14-21)20(22)16-6-10-18(23-2)11-7-16/h3-11,13H,1,12H2,2H3/b17-13+. The Morgan fingerprint density at radius 2 is 1.75 bits per heavy atom. The second-order valence-corrected chi connectivity index (χ2v) is 4.90. The monoisotopic (exact) mass is 319 g/mol. The van der Waals surface area contributed by atoms with Gasteiger partial charge in [0, 0.05) is 5.56 Å². The van der Waals surface area contributed by atoms with Crippen molar-refractivity contribution in [1.82, 2.24) is 0 Å². The number of allylic oxidation sites excluding steroid dienone is 1. The summed E-state index contributed by atoms with van der Waals surface area (Å²) in [4.78, 5) is 12.4. The fourth-order valence-electron chi connectivity index (χ4n) is 2.03. The predicted molar refractivity (Wildman–Crippen MR) is 93.0 cm³/mol. The summed E-state index contributed by atoms with van der Waals surface area (Å²) in [5.41, 5.74) is 1.26. The topological polar surface area (TPSA) is 59.3 Å². The third kappa shape index (κ3) is 4.34. The van der Waals surface area contributed by atoms with Crippen LogP contribution < -0.4 is 9.47 Å². The lowest BCUT2D eigenvalue weighted by molar-refractivity contribution is 0.104. The van der Waals surface area contributed by atoms with E-state index in [1.54, 1.807) is 67.8 Å². The lowest BCUT2D eigenvalue weighted by atomic mass is 10.0. The van der Waals surface area contributed by atoms with E-state index in [0.717, 1.165) is 5.56 Å². The summed E-state index contributed by atoms with van der Waals surface area (Å²) in [6.45, 7) is 4.01. The van der Waals surface area contributed by atoms with Crippen LogP contribution in [0.3, 0.4) is 0 Å². The maximum atomic E-state index is 12.4. The molecule has 0 aliphatic carbocycles. The Balaban J connectivity index is 2.19. The maximum absolute atomic E-state index is 12.4. The van der Waals surface area contributed by atoms with Crippen molar-refractivity contribution in [1.29, 1.82) is 5.26 Å². The van der Waals surface area contributed by atoms with Crippen molar-refractivity contribution in [2.24, 2.45) is 0 Å². The molecule has 120 valence electrons. The Kier molecular flexibility index (Phi) is 5.93. The van der Waals surface area contributed by atoms with Crippen LogP contribution >= 0.6 is 0 Å². The van der Waals surface area contributed by atoms with E-state index in [4.69, 9.17) is 9.47 Å². The van der Waals surface area contributed by atoms with Gasteiger partial charge in [0.1, 0.15) is 29.7 Å². The van der Waals surface area contributed by atoms with Crippen LogP contribution in [0.4, 0.5) is 0 Å². The summed E-state index contributed by atoms with van der Waals surface area (Å²) < 4.78 is 10.5. The molecule has 0 atom stereocenters. The van der Waals surface area contributed by atoms with E-state index in [1.165, 1.54) is 0 Å². The molecule has 0 N–H and O–H groups in total. The number of Topliss-reactive ketones (excluding diaryl/α,β-unsaturated/α-hetero) is 1. The number of hydrogen-bond donors (Lipinski definition) is 0. The first-order valence-electron chi connectivity index (χ1n) is 7.32. The minimum Gasteiger partial charge on any atom is -0.497 e. The van der Waals surface area contributed by atoms with Gasteiger partial charge in [-0.25, -0.2) is 0 Å². The van der Waals surface area contributed by atoms with E-state index >= 15 is 0 Å². The molecule has 2 rings (SSSR count). The van der Waals surface area contributed by atoms with Gasteiger partial charge in [0.25, 0.3) is 0 Å². The summed E-state index contributed by atoms with van der Waals surface area (Å²) in [7, 11) is 1.56. The van der Waals surface area contributed by atoms with Gasteiger partial charge in [-0.15, -0.1) is 0 Å². The van der Waals surface area contributed by atoms with E-state index in [-0.39, 0.29) is 11.4 Å². The molecule has 0 saturated heterocycles. The van der Waals surface area contributed by atoms with E-state index in [2.05, 4.69) is 6.58 Å². The number of carbonyl (C=O) groups excluding carboxylic acids is 1. The second-order valence-electron chi connectivity index (χ2n) is 4.90. The minimum absolute atomic E-state index is 0.0694. The normalized spacial score (nSPS) is 10.6. The molecule has 0 fully saturated rings. The van der Waals surface area contributed by atoms with Gasteiger partial charge in [-0.3, -0.25) is 4.79 Å². The van der Waals surface area contributed by atoms with Crippen molar-refractivity contribution in [2.75, 3.05) is 13.7 Å². The Bertz CT molecular complexity index is 781. The molecule has 0 radical (unpaired) electrons. The molecule has 2 aromatic carbocycles. The summed E-state index contributed by atoms with van der Waals surface area (Å²) in [5, 5.41) is 9.29. The number of methoxy groups -OCH3 is 1. The number of rotatable bonds is 7. The van der Waals surface area contributed by atoms with Gasteiger partial charge in [0.15, 0.2) is 0 Å². The second kappa shape index (κ2) is 8.35. The summed E-state index contributed by atoms with van der Waals surface area (Å²) in [6.07, 6.45) is 3.22. The molecule has 0 amide bonds. The first-order valence-corrected chi connectivity index (χ1v) is 7.32. The quantitative estimate of drug-likeness (QED) is 0.334. The van der Waals surface area contributed by atoms with E-state index in [9.17, 15) is 10.1 Å². The number of ketones is 1. The smallest absolute Gasteiger partial charge is 0.203 e. The number of nitrogens with zero attached hydrogens (tertiary/aromatic N) is 1. The van der Waals surface area contributed by atoms with E-state index < -0.39 is 0 Å². The SMILES string of the molecule is C=CCOc1ccc(/C=C(\C#N)C(=O)c2ccc(OC)cc2)cc1. The van der Waals surface area contributed by atoms with Crippen LogP contribution in [0.5, 0.6) is 11.5 Å². The average molecular weight is 319 g/mol. The molecule has 0 aliphatic rings. The average Bonchev–Trinajstić information content (AvgIpc) is 2.65. The van der Waals surface area contributed by atoms with Crippen LogP contribution in [-0.2, 0) is 0 Å². The molecule has 0 spiro atoms. The highest BCUT2D eigenvalue weighted by molar-refractivity contribution is 6.14. The third-order valence-electron chi connectivity index (χ3n) is 3.28. The largest absolute Gasteiger partial charge is 0.497 e. The molecule has 4 nitrogen and oxygen atoms in total. The van der Waals surface area contributed by atoms with Gasteiger partial charge >= 0.3 is 0 Å². The van der Waals surface area contributed by atoms with Crippen molar-refractivity contribution in [3.8, 4) is 17.6 Å². The molecule has 4 heteroatoms. The van der Waals surface area contributed by atoms with Crippen LogP contribution in [-0.4, -0.2) is 19.5 Å². The molecule has 2 aromatic rings. The number of benzene rings is 2. The van der Waals surface area contributed by atoms with Gasteiger partial charge in [0.05, 0.1) is 7.11 Å². The highest BCUT2D eigenvalue weighted by Gasteiger charge is 2.12. The zero-order chi connectivity index (χ0) is 17.4. The van der Waals surface area contributed by atoms with Crippen LogP contribution in [0.15, 0.2) is 66.8 Å². The summed E-state index contributed by atoms with van der Waals surface area (Å²) in [5.74, 6) is 1.03. The zero-order valence-electron chi connectivity index (χ0n) is 13.4. The third-order valence-corrected chi connectivity index (χ3v) is 3.28. The van der Waals surface area contributed by atoms with Crippen LogP contribution in [0.25, 0.3) is 6.08 Å². The Morgan fingerprint density at radius 1 is 1.12 bits per heavy atom. The van der Waals surface area contributed by atoms with Crippen LogP contribution in [0, 0.1) is 11.3 Å². The lowest BCUT2D eigenvalue weighted by Gasteiger charge is -2.04. The molecular formula is C20H17NO3.